The molecule has 0 saturated heterocycles. The summed E-state index contributed by atoms with van der Waals surface area (Å²) in [7, 11) is 0. The number of aliphatic hydroxyl groups is 1. The minimum absolute atomic E-state index is 0.0483. The van der Waals surface area contributed by atoms with E-state index in [1.54, 1.807) is 4.68 Å². The maximum Gasteiger partial charge on any atom is 0.127 e. The molecule has 0 bridgehead atoms. The molecular weight excluding hydrogens is 266 g/mol. The lowest BCUT2D eigenvalue weighted by Gasteiger charge is -2.05. The van der Waals surface area contributed by atoms with Crippen molar-refractivity contribution >= 4 is 0 Å². The van der Waals surface area contributed by atoms with E-state index in [2.05, 4.69) is 10.3 Å². The van der Waals surface area contributed by atoms with Crippen molar-refractivity contribution in [2.24, 2.45) is 0 Å². The molecule has 0 radical (unpaired) electrons. The number of hydrogen-bond acceptors (Lipinski definition) is 4. The van der Waals surface area contributed by atoms with Crippen LogP contribution >= 0.6 is 0 Å². The van der Waals surface area contributed by atoms with Crippen molar-refractivity contribution in [1.82, 2.24) is 15.0 Å². The quantitative estimate of drug-likeness (QED) is 0.781. The molecule has 0 amide bonds. The van der Waals surface area contributed by atoms with Gasteiger partial charge in [0.25, 0.3) is 0 Å². The summed E-state index contributed by atoms with van der Waals surface area (Å²) in [6, 6.07) is 17.3. The van der Waals surface area contributed by atoms with Crippen molar-refractivity contribution in [1.29, 1.82) is 0 Å². The van der Waals surface area contributed by atoms with Crippen LogP contribution in [0, 0.1) is 0 Å². The molecule has 1 heterocycles. The molecule has 5 nitrogen and oxygen atoms in total. The van der Waals surface area contributed by atoms with Gasteiger partial charge in [-0.3, -0.25) is 0 Å². The average molecular weight is 281 g/mol. The molecule has 0 aliphatic heterocycles. The van der Waals surface area contributed by atoms with Gasteiger partial charge in [-0.25, -0.2) is 4.68 Å². The number of rotatable bonds is 5. The zero-order valence-electron chi connectivity index (χ0n) is 11.4. The lowest BCUT2D eigenvalue weighted by molar-refractivity contribution is 0.268. The minimum Gasteiger partial charge on any atom is -0.457 e. The predicted molar refractivity (Wildman–Crippen MR) is 79.1 cm³/mol. The lowest BCUT2D eigenvalue weighted by Crippen LogP contribution is -2.01. The van der Waals surface area contributed by atoms with Gasteiger partial charge in [0, 0.05) is 5.56 Å². The van der Waals surface area contributed by atoms with Gasteiger partial charge in [-0.1, -0.05) is 23.4 Å². The average Bonchev–Trinajstić information content (AvgIpc) is 2.98. The van der Waals surface area contributed by atoms with Crippen LogP contribution in [0.4, 0.5) is 0 Å². The molecule has 5 heteroatoms. The van der Waals surface area contributed by atoms with Crippen LogP contribution in [-0.4, -0.2) is 26.7 Å². The Bertz CT molecular complexity index is 693. The zero-order chi connectivity index (χ0) is 14.5. The molecule has 2 aromatic carbocycles. The van der Waals surface area contributed by atoms with Crippen LogP contribution in [0.3, 0.4) is 0 Å². The Balaban J connectivity index is 1.74. The fourth-order valence-electron chi connectivity index (χ4n) is 1.96. The fraction of sp³-hybridized carbons (Fsp3) is 0.125. The van der Waals surface area contributed by atoms with Gasteiger partial charge in [0.05, 0.1) is 19.3 Å². The molecule has 0 fully saturated rings. The first-order valence-electron chi connectivity index (χ1n) is 6.69. The summed E-state index contributed by atoms with van der Waals surface area (Å²) in [6.07, 6.45) is 1.81. The number of para-hydroxylation sites is 1. The van der Waals surface area contributed by atoms with Gasteiger partial charge in [0.1, 0.15) is 17.2 Å². The summed E-state index contributed by atoms with van der Waals surface area (Å²) in [6.45, 7) is 0.495. The number of hydrogen-bond donors (Lipinski definition) is 1. The minimum atomic E-state index is 0.0483. The first kappa shape index (κ1) is 13.3. The highest BCUT2D eigenvalue weighted by Gasteiger charge is 2.04. The Kier molecular flexibility index (Phi) is 3.93. The molecule has 0 aliphatic carbocycles. The van der Waals surface area contributed by atoms with Crippen molar-refractivity contribution < 1.29 is 9.84 Å². The lowest BCUT2D eigenvalue weighted by atomic mass is 10.1. The van der Waals surface area contributed by atoms with E-state index in [1.807, 2.05) is 60.8 Å². The van der Waals surface area contributed by atoms with Crippen LogP contribution in [0.2, 0.25) is 0 Å². The Morgan fingerprint density at radius 1 is 0.952 bits per heavy atom. The van der Waals surface area contributed by atoms with Gasteiger partial charge < -0.3 is 9.84 Å². The molecule has 1 N–H and O–H groups in total. The second-order valence-corrected chi connectivity index (χ2v) is 4.53. The summed E-state index contributed by atoms with van der Waals surface area (Å²) in [4.78, 5) is 0. The largest absolute Gasteiger partial charge is 0.457 e. The van der Waals surface area contributed by atoms with Crippen molar-refractivity contribution in [3.63, 3.8) is 0 Å². The summed E-state index contributed by atoms with van der Waals surface area (Å²) in [5.74, 6) is 1.58. The third-order valence-electron chi connectivity index (χ3n) is 3.00. The number of nitrogens with zero attached hydrogens (tertiary/aromatic N) is 3. The SMILES string of the molecule is OCCn1cc(-c2ccc(Oc3ccccc3)cc2)nn1. The summed E-state index contributed by atoms with van der Waals surface area (Å²) in [5, 5.41) is 16.9. The first-order valence-corrected chi connectivity index (χ1v) is 6.69. The molecule has 0 aliphatic rings. The van der Waals surface area contributed by atoms with Crippen LogP contribution < -0.4 is 4.74 Å². The molecule has 21 heavy (non-hydrogen) atoms. The third kappa shape index (κ3) is 3.27. The van der Waals surface area contributed by atoms with E-state index in [9.17, 15) is 0 Å². The van der Waals surface area contributed by atoms with E-state index in [1.165, 1.54) is 0 Å². The van der Waals surface area contributed by atoms with E-state index < -0.39 is 0 Å². The Morgan fingerprint density at radius 2 is 1.67 bits per heavy atom. The molecule has 1 aromatic heterocycles. The molecule has 0 spiro atoms. The van der Waals surface area contributed by atoms with E-state index in [0.29, 0.717) is 6.54 Å². The van der Waals surface area contributed by atoms with Gasteiger partial charge >= 0.3 is 0 Å². The highest BCUT2D eigenvalue weighted by atomic mass is 16.5. The van der Waals surface area contributed by atoms with Crippen LogP contribution in [0.5, 0.6) is 11.5 Å². The van der Waals surface area contributed by atoms with E-state index in [0.717, 1.165) is 22.8 Å². The predicted octanol–water partition coefficient (Wildman–Crippen LogP) is 2.73. The summed E-state index contributed by atoms with van der Waals surface area (Å²) in [5.41, 5.74) is 1.73. The number of aliphatic hydroxyl groups excluding tert-OH is 1. The normalized spacial score (nSPS) is 10.5. The molecule has 0 atom stereocenters. The zero-order valence-corrected chi connectivity index (χ0v) is 11.4. The molecule has 0 unspecified atom stereocenters. The first-order chi connectivity index (χ1) is 10.3. The van der Waals surface area contributed by atoms with Crippen LogP contribution in [0.1, 0.15) is 0 Å². The second-order valence-electron chi connectivity index (χ2n) is 4.53. The summed E-state index contributed by atoms with van der Waals surface area (Å²) >= 11 is 0. The number of aromatic nitrogens is 3. The van der Waals surface area contributed by atoms with Crippen LogP contribution in [-0.2, 0) is 6.54 Å². The summed E-state index contributed by atoms with van der Waals surface area (Å²) < 4.78 is 7.35. The van der Waals surface area contributed by atoms with Gasteiger partial charge in [0.15, 0.2) is 0 Å². The Morgan fingerprint density at radius 3 is 2.38 bits per heavy atom. The Hall–Kier alpha value is -2.66. The highest BCUT2D eigenvalue weighted by molar-refractivity contribution is 5.58. The van der Waals surface area contributed by atoms with E-state index in [4.69, 9.17) is 9.84 Å². The highest BCUT2D eigenvalue weighted by Crippen LogP contribution is 2.24. The van der Waals surface area contributed by atoms with Crippen LogP contribution in [0.15, 0.2) is 60.8 Å². The van der Waals surface area contributed by atoms with Gasteiger partial charge in [-0.2, -0.15) is 0 Å². The van der Waals surface area contributed by atoms with E-state index in [-0.39, 0.29) is 6.61 Å². The Labute approximate surface area is 122 Å². The maximum absolute atomic E-state index is 8.87. The molecule has 0 saturated carbocycles. The van der Waals surface area contributed by atoms with Crippen molar-refractivity contribution in [3.8, 4) is 22.8 Å². The van der Waals surface area contributed by atoms with Crippen molar-refractivity contribution in [2.75, 3.05) is 6.61 Å². The fourth-order valence-corrected chi connectivity index (χ4v) is 1.96. The van der Waals surface area contributed by atoms with Gasteiger partial charge in [-0.05, 0) is 36.4 Å². The second kappa shape index (κ2) is 6.19. The molecule has 3 rings (SSSR count). The maximum atomic E-state index is 8.87. The van der Waals surface area contributed by atoms with E-state index >= 15 is 0 Å². The smallest absolute Gasteiger partial charge is 0.127 e. The third-order valence-corrected chi connectivity index (χ3v) is 3.00. The van der Waals surface area contributed by atoms with Crippen molar-refractivity contribution in [2.45, 2.75) is 6.54 Å². The molecule has 3 aromatic rings. The number of benzene rings is 2. The topological polar surface area (TPSA) is 60.2 Å². The monoisotopic (exact) mass is 281 g/mol. The van der Waals surface area contributed by atoms with Crippen molar-refractivity contribution in [3.05, 3.63) is 60.8 Å². The van der Waals surface area contributed by atoms with Crippen LogP contribution in [0.25, 0.3) is 11.3 Å². The number of ether oxygens (including phenoxy) is 1. The van der Waals surface area contributed by atoms with Gasteiger partial charge in [-0.15, -0.1) is 5.10 Å². The standard InChI is InChI=1S/C16H15N3O2/c20-11-10-19-12-16(17-18-19)13-6-8-15(9-7-13)21-14-4-2-1-3-5-14/h1-9,12,20H,10-11H2. The molecule has 106 valence electrons. The van der Waals surface area contributed by atoms with Gasteiger partial charge in [0.2, 0.25) is 0 Å². The molecular formula is C16H15N3O2.